The average Bonchev–Trinajstić information content (AvgIpc) is 2.81. The molecular formula is C25H27Cl2NO6S. The van der Waals surface area contributed by atoms with E-state index < -0.39 is 28.5 Å². The van der Waals surface area contributed by atoms with Crippen LogP contribution in [0, 0.1) is 0 Å². The van der Waals surface area contributed by atoms with Crippen LogP contribution in [0.3, 0.4) is 0 Å². The van der Waals surface area contributed by atoms with Crippen molar-refractivity contribution >= 4 is 39.8 Å². The van der Waals surface area contributed by atoms with Crippen LogP contribution in [0.1, 0.15) is 24.2 Å². The number of halogens is 2. The van der Waals surface area contributed by atoms with Crippen LogP contribution in [-0.2, 0) is 21.1 Å². The van der Waals surface area contributed by atoms with Gasteiger partial charge in [0.05, 0.1) is 15.9 Å². The van der Waals surface area contributed by atoms with E-state index >= 15 is 0 Å². The average molecular weight is 540 g/mol. The number of carboxylic acids is 1. The van der Waals surface area contributed by atoms with E-state index in [1.165, 1.54) is 24.3 Å². The molecule has 0 saturated heterocycles. The van der Waals surface area contributed by atoms with Crippen molar-refractivity contribution in [2.24, 2.45) is 0 Å². The Kier molecular flexibility index (Phi) is 10.5. The highest BCUT2D eigenvalue weighted by Crippen LogP contribution is 2.25. The molecule has 35 heavy (non-hydrogen) atoms. The number of benzene rings is 3. The van der Waals surface area contributed by atoms with Gasteiger partial charge in [0.25, 0.3) is 0 Å². The number of aliphatic carboxylic acids is 1. The maximum Gasteiger partial charge on any atom is 0.341 e. The summed E-state index contributed by atoms with van der Waals surface area (Å²) in [6.07, 6.45) is -0.0508. The topological polar surface area (TPSA) is 113 Å². The van der Waals surface area contributed by atoms with Gasteiger partial charge in [-0.05, 0) is 66.9 Å². The molecule has 0 spiro atoms. The van der Waals surface area contributed by atoms with Gasteiger partial charge in [-0.3, -0.25) is 0 Å². The van der Waals surface area contributed by atoms with Gasteiger partial charge in [-0.25, -0.2) is 13.2 Å². The van der Waals surface area contributed by atoms with Crippen LogP contribution in [0.5, 0.6) is 5.75 Å². The fraction of sp³-hybridized carbons (Fsp3) is 0.240. The van der Waals surface area contributed by atoms with Crippen molar-refractivity contribution in [2.45, 2.75) is 35.3 Å². The summed E-state index contributed by atoms with van der Waals surface area (Å²) >= 11 is 5.97. The Morgan fingerprint density at radius 2 is 1.71 bits per heavy atom. The highest BCUT2D eigenvalue weighted by Gasteiger charge is 2.19. The molecule has 0 aliphatic heterocycles. The Bertz CT molecular complexity index is 1230. The summed E-state index contributed by atoms with van der Waals surface area (Å²) in [6, 6.07) is 19.5. The summed E-state index contributed by atoms with van der Waals surface area (Å²) in [6.45, 7) is 1.78. The normalized spacial score (nSPS) is 12.9. The first-order valence-electron chi connectivity index (χ1n) is 10.6. The number of aliphatic hydroxyl groups is 1. The molecule has 7 nitrogen and oxygen atoms in total. The van der Waals surface area contributed by atoms with Gasteiger partial charge in [0.2, 0.25) is 9.84 Å². The second-order valence-electron chi connectivity index (χ2n) is 7.89. The van der Waals surface area contributed by atoms with E-state index in [1.807, 2.05) is 13.0 Å². The predicted octanol–water partition coefficient (Wildman–Crippen LogP) is 4.31. The minimum Gasteiger partial charge on any atom is -0.482 e. The minimum absolute atomic E-state index is 0. The third kappa shape index (κ3) is 8.23. The van der Waals surface area contributed by atoms with Crippen LogP contribution in [0.15, 0.2) is 82.6 Å². The third-order valence-electron chi connectivity index (χ3n) is 5.15. The number of sulfone groups is 1. The van der Waals surface area contributed by atoms with Crippen molar-refractivity contribution < 1.29 is 28.2 Å². The van der Waals surface area contributed by atoms with Gasteiger partial charge in [0, 0.05) is 17.6 Å². The van der Waals surface area contributed by atoms with Crippen molar-refractivity contribution in [1.82, 2.24) is 5.32 Å². The molecule has 3 aromatic rings. The number of ether oxygens (including phenoxy) is 1. The molecule has 0 aliphatic carbocycles. The van der Waals surface area contributed by atoms with Crippen molar-refractivity contribution in [3.63, 3.8) is 0 Å². The summed E-state index contributed by atoms with van der Waals surface area (Å²) in [5.74, 6) is -0.980. The molecule has 0 aliphatic rings. The Hall–Kier alpha value is -2.62. The van der Waals surface area contributed by atoms with Crippen LogP contribution >= 0.6 is 24.0 Å². The zero-order chi connectivity index (χ0) is 24.7. The standard InChI is InChI=1S/C25H26ClNO6S.ClH/c1-17(27-15-24(28)19-4-2-5-20(26)13-19)12-18-8-10-22(11-9-18)34(31,32)23-7-3-6-21(14-23)33-16-25(29)30;/h2-11,13-14,17,24,27-28H,12,15-16H2,1H3,(H,29,30);1H/t17-,24+;/m1./s1. The molecule has 0 saturated carbocycles. The molecule has 0 unspecified atom stereocenters. The molecule has 188 valence electrons. The van der Waals surface area contributed by atoms with Gasteiger partial charge in [-0.2, -0.15) is 0 Å². The van der Waals surface area contributed by atoms with Crippen LogP contribution in [0.25, 0.3) is 0 Å². The van der Waals surface area contributed by atoms with E-state index in [1.54, 1.807) is 42.5 Å². The van der Waals surface area contributed by atoms with E-state index in [0.29, 0.717) is 18.0 Å². The van der Waals surface area contributed by atoms with E-state index in [9.17, 15) is 18.3 Å². The fourth-order valence-corrected chi connectivity index (χ4v) is 4.88. The Morgan fingerprint density at radius 1 is 1.03 bits per heavy atom. The number of aliphatic hydroxyl groups excluding tert-OH is 1. The molecule has 0 heterocycles. The monoisotopic (exact) mass is 539 g/mol. The number of carbonyl (C=O) groups is 1. The number of carboxylic acid groups (broad SMARTS) is 1. The minimum atomic E-state index is -3.79. The van der Waals surface area contributed by atoms with Gasteiger partial charge in [-0.15, -0.1) is 12.4 Å². The first-order valence-corrected chi connectivity index (χ1v) is 12.5. The fourth-order valence-electron chi connectivity index (χ4n) is 3.39. The smallest absolute Gasteiger partial charge is 0.341 e. The second-order valence-corrected chi connectivity index (χ2v) is 10.3. The molecular weight excluding hydrogens is 513 g/mol. The largest absolute Gasteiger partial charge is 0.482 e. The molecule has 3 aromatic carbocycles. The lowest BCUT2D eigenvalue weighted by Gasteiger charge is -2.18. The highest BCUT2D eigenvalue weighted by molar-refractivity contribution is 7.91. The van der Waals surface area contributed by atoms with Gasteiger partial charge in [0.1, 0.15) is 5.75 Å². The molecule has 0 amide bonds. The number of hydrogen-bond donors (Lipinski definition) is 3. The SMILES string of the molecule is C[C@H](Cc1ccc(S(=O)(=O)c2cccc(OCC(=O)O)c2)cc1)NC[C@H](O)c1cccc(Cl)c1.Cl. The number of nitrogens with one attached hydrogen (secondary N) is 1. The molecule has 0 fully saturated rings. The Balaban J connectivity index is 0.00000432. The summed E-state index contributed by atoms with van der Waals surface area (Å²) in [4.78, 5) is 10.8. The third-order valence-corrected chi connectivity index (χ3v) is 7.15. The zero-order valence-corrected chi connectivity index (χ0v) is 21.3. The van der Waals surface area contributed by atoms with Gasteiger partial charge in [0.15, 0.2) is 6.61 Å². The van der Waals surface area contributed by atoms with Crippen molar-refractivity contribution in [3.05, 3.63) is 88.9 Å². The van der Waals surface area contributed by atoms with Crippen molar-refractivity contribution in [1.29, 1.82) is 0 Å². The maximum atomic E-state index is 13.0. The van der Waals surface area contributed by atoms with E-state index in [-0.39, 0.29) is 34.0 Å². The first kappa shape index (κ1) is 28.6. The lowest BCUT2D eigenvalue weighted by Crippen LogP contribution is -2.32. The quantitative estimate of drug-likeness (QED) is 0.332. The number of hydrogen-bond acceptors (Lipinski definition) is 6. The molecule has 0 bridgehead atoms. The molecule has 10 heteroatoms. The van der Waals surface area contributed by atoms with Crippen LogP contribution in [-0.4, -0.2) is 43.8 Å². The van der Waals surface area contributed by atoms with Gasteiger partial charge < -0.3 is 20.3 Å². The van der Waals surface area contributed by atoms with E-state index in [0.717, 1.165) is 11.1 Å². The highest BCUT2D eigenvalue weighted by atomic mass is 35.5. The first-order chi connectivity index (χ1) is 16.1. The summed E-state index contributed by atoms with van der Waals surface area (Å²) in [5.41, 5.74) is 1.67. The summed E-state index contributed by atoms with van der Waals surface area (Å²) in [7, 11) is -3.79. The summed E-state index contributed by atoms with van der Waals surface area (Å²) in [5, 5.41) is 22.9. The van der Waals surface area contributed by atoms with Crippen LogP contribution in [0.2, 0.25) is 5.02 Å². The lowest BCUT2D eigenvalue weighted by atomic mass is 10.1. The van der Waals surface area contributed by atoms with Crippen LogP contribution < -0.4 is 10.1 Å². The Labute approximate surface area is 216 Å². The molecule has 3 N–H and O–H groups in total. The number of rotatable bonds is 11. The van der Waals surface area contributed by atoms with Gasteiger partial charge in [-0.1, -0.05) is 41.9 Å². The van der Waals surface area contributed by atoms with Crippen molar-refractivity contribution in [3.8, 4) is 5.75 Å². The molecule has 3 rings (SSSR count). The molecule has 2 atom stereocenters. The van der Waals surface area contributed by atoms with Gasteiger partial charge >= 0.3 is 5.97 Å². The molecule has 0 radical (unpaired) electrons. The molecule has 0 aromatic heterocycles. The van der Waals surface area contributed by atoms with E-state index in [4.69, 9.17) is 21.4 Å². The van der Waals surface area contributed by atoms with Crippen LogP contribution in [0.4, 0.5) is 0 Å². The summed E-state index contributed by atoms with van der Waals surface area (Å²) < 4.78 is 31.0. The predicted molar refractivity (Wildman–Crippen MR) is 136 cm³/mol. The Morgan fingerprint density at radius 3 is 2.37 bits per heavy atom. The maximum absolute atomic E-state index is 13.0. The lowest BCUT2D eigenvalue weighted by molar-refractivity contribution is -0.139. The second kappa shape index (κ2) is 12.9. The zero-order valence-electron chi connectivity index (χ0n) is 18.9. The van der Waals surface area contributed by atoms with E-state index in [2.05, 4.69) is 5.32 Å². The van der Waals surface area contributed by atoms with Crippen molar-refractivity contribution in [2.75, 3.05) is 13.2 Å².